The Hall–Kier alpha value is -2.66. The summed E-state index contributed by atoms with van der Waals surface area (Å²) in [6, 6.07) is 18.8. The van der Waals surface area contributed by atoms with E-state index in [1.807, 2.05) is 30.1 Å². The summed E-state index contributed by atoms with van der Waals surface area (Å²) in [5.74, 6) is 1.84. The molecule has 2 heterocycles. The molecule has 0 bridgehead atoms. The van der Waals surface area contributed by atoms with E-state index in [4.69, 9.17) is 4.98 Å². The van der Waals surface area contributed by atoms with Gasteiger partial charge in [-0.25, -0.2) is 4.98 Å². The van der Waals surface area contributed by atoms with Gasteiger partial charge in [0.25, 0.3) is 0 Å². The van der Waals surface area contributed by atoms with Crippen molar-refractivity contribution < 1.29 is 4.79 Å². The van der Waals surface area contributed by atoms with Crippen molar-refractivity contribution in [1.82, 2.24) is 19.4 Å². The number of carbonyl (C=O) groups is 1. The Morgan fingerprint density at radius 3 is 2.48 bits per heavy atom. The second-order valence-corrected chi connectivity index (χ2v) is 8.80. The predicted octanol–water partition coefficient (Wildman–Crippen LogP) is 4.36. The molecule has 31 heavy (non-hydrogen) atoms. The quantitative estimate of drug-likeness (QED) is 0.573. The van der Waals surface area contributed by atoms with Crippen molar-refractivity contribution in [2.75, 3.05) is 20.1 Å². The van der Waals surface area contributed by atoms with Crippen LogP contribution in [-0.4, -0.2) is 51.4 Å². The smallest absolute Gasteiger partial charge is 0.239 e. The van der Waals surface area contributed by atoms with Gasteiger partial charge in [0.05, 0.1) is 23.6 Å². The molecule has 1 aliphatic heterocycles. The van der Waals surface area contributed by atoms with Crippen LogP contribution in [0.25, 0.3) is 11.0 Å². The maximum absolute atomic E-state index is 13.2. The topological polar surface area (TPSA) is 41.4 Å². The monoisotopic (exact) mass is 418 g/mol. The first-order chi connectivity index (χ1) is 15.1. The second-order valence-electron chi connectivity index (χ2n) is 8.80. The van der Waals surface area contributed by atoms with E-state index in [9.17, 15) is 4.79 Å². The molecule has 1 aliphatic rings. The molecule has 0 spiro atoms. The van der Waals surface area contributed by atoms with Crippen LogP contribution in [0.4, 0.5) is 0 Å². The maximum atomic E-state index is 13.2. The highest BCUT2D eigenvalue weighted by atomic mass is 16.2. The van der Waals surface area contributed by atoms with Gasteiger partial charge in [-0.2, -0.15) is 0 Å². The number of likely N-dealkylation sites (tertiary alicyclic amines) is 1. The van der Waals surface area contributed by atoms with Crippen LogP contribution in [0.5, 0.6) is 0 Å². The SMILES string of the molecule is CCn1c(CN(C)C(=O)C(C)N2CCC(Cc3ccccc3)CC2)nc2ccccc21. The molecule has 0 N–H and O–H groups in total. The predicted molar refractivity (Wildman–Crippen MR) is 126 cm³/mol. The van der Waals surface area contributed by atoms with E-state index in [-0.39, 0.29) is 11.9 Å². The van der Waals surface area contributed by atoms with Gasteiger partial charge in [-0.3, -0.25) is 9.69 Å². The lowest BCUT2D eigenvalue weighted by Crippen LogP contribution is -2.48. The number of amides is 1. The number of rotatable bonds is 7. The Morgan fingerprint density at radius 1 is 1.10 bits per heavy atom. The minimum absolute atomic E-state index is 0.0952. The van der Waals surface area contributed by atoms with Crippen molar-refractivity contribution in [2.45, 2.75) is 52.2 Å². The van der Waals surface area contributed by atoms with Crippen molar-refractivity contribution in [3.05, 3.63) is 66.0 Å². The Bertz CT molecular complexity index is 1000. The molecule has 1 fully saturated rings. The third-order valence-corrected chi connectivity index (χ3v) is 6.73. The molecule has 0 aliphatic carbocycles. The Kier molecular flexibility index (Phi) is 6.71. The molecule has 2 aromatic carbocycles. The van der Waals surface area contributed by atoms with E-state index in [0.717, 1.165) is 55.8 Å². The fourth-order valence-corrected chi connectivity index (χ4v) is 4.86. The number of hydrogen-bond acceptors (Lipinski definition) is 3. The van der Waals surface area contributed by atoms with Gasteiger partial charge in [0.1, 0.15) is 5.82 Å². The minimum Gasteiger partial charge on any atom is -0.337 e. The summed E-state index contributed by atoms with van der Waals surface area (Å²) in [4.78, 5) is 22.2. The molecule has 0 radical (unpaired) electrons. The molecule has 1 aromatic heterocycles. The van der Waals surface area contributed by atoms with Crippen LogP contribution in [0.2, 0.25) is 0 Å². The van der Waals surface area contributed by atoms with Crippen LogP contribution in [0.15, 0.2) is 54.6 Å². The summed E-state index contributed by atoms with van der Waals surface area (Å²) < 4.78 is 2.21. The van der Waals surface area contributed by atoms with E-state index in [0.29, 0.717) is 12.5 Å². The average Bonchev–Trinajstić information content (AvgIpc) is 3.16. The highest BCUT2D eigenvalue weighted by molar-refractivity contribution is 5.81. The van der Waals surface area contributed by atoms with Crippen LogP contribution < -0.4 is 0 Å². The molecule has 0 saturated carbocycles. The van der Waals surface area contributed by atoms with Gasteiger partial charge in [-0.15, -0.1) is 0 Å². The molecule has 1 amide bonds. The normalized spacial score (nSPS) is 16.5. The fourth-order valence-electron chi connectivity index (χ4n) is 4.86. The number of imidazole rings is 1. The van der Waals surface area contributed by atoms with Crippen LogP contribution in [-0.2, 0) is 24.3 Å². The first kappa shape index (κ1) is 21.6. The van der Waals surface area contributed by atoms with Crippen molar-refractivity contribution in [2.24, 2.45) is 5.92 Å². The van der Waals surface area contributed by atoms with Crippen LogP contribution in [0, 0.1) is 5.92 Å². The number of nitrogens with zero attached hydrogens (tertiary/aromatic N) is 4. The second kappa shape index (κ2) is 9.65. The van der Waals surface area contributed by atoms with Gasteiger partial charge in [0.15, 0.2) is 0 Å². The largest absolute Gasteiger partial charge is 0.337 e. The number of para-hydroxylation sites is 2. The summed E-state index contributed by atoms with van der Waals surface area (Å²) in [6.45, 7) is 7.55. The Labute approximate surface area is 185 Å². The average molecular weight is 419 g/mol. The molecule has 5 heteroatoms. The Balaban J connectivity index is 1.34. The molecular weight excluding hydrogens is 384 g/mol. The summed E-state index contributed by atoms with van der Waals surface area (Å²) >= 11 is 0. The van der Waals surface area contributed by atoms with Crippen molar-refractivity contribution in [3.8, 4) is 0 Å². The van der Waals surface area contributed by atoms with Crippen molar-refractivity contribution >= 4 is 16.9 Å². The highest BCUT2D eigenvalue weighted by Gasteiger charge is 2.29. The lowest BCUT2D eigenvalue weighted by Gasteiger charge is -2.36. The molecule has 3 aromatic rings. The number of carbonyl (C=O) groups excluding carboxylic acids is 1. The van der Waals surface area contributed by atoms with Crippen LogP contribution in [0.1, 0.15) is 38.1 Å². The summed E-state index contributed by atoms with van der Waals surface area (Å²) in [5.41, 5.74) is 3.55. The summed E-state index contributed by atoms with van der Waals surface area (Å²) in [6.07, 6.45) is 3.45. The molecule has 1 saturated heterocycles. The highest BCUT2D eigenvalue weighted by Crippen LogP contribution is 2.24. The number of hydrogen-bond donors (Lipinski definition) is 0. The van der Waals surface area contributed by atoms with Gasteiger partial charge in [-0.05, 0) is 69.8 Å². The maximum Gasteiger partial charge on any atom is 0.239 e. The van der Waals surface area contributed by atoms with Crippen LogP contribution in [0.3, 0.4) is 0 Å². The lowest BCUT2D eigenvalue weighted by atomic mass is 9.89. The zero-order valence-electron chi connectivity index (χ0n) is 19.0. The number of likely N-dealkylation sites (N-methyl/N-ethyl adjacent to an activating group) is 1. The van der Waals surface area contributed by atoms with Gasteiger partial charge in [0.2, 0.25) is 5.91 Å². The number of piperidine rings is 1. The van der Waals surface area contributed by atoms with Crippen molar-refractivity contribution in [3.63, 3.8) is 0 Å². The first-order valence-corrected chi connectivity index (χ1v) is 11.5. The third-order valence-electron chi connectivity index (χ3n) is 6.73. The van der Waals surface area contributed by atoms with Gasteiger partial charge in [0, 0.05) is 13.6 Å². The zero-order valence-corrected chi connectivity index (χ0v) is 19.0. The molecule has 4 rings (SSSR count). The number of aryl methyl sites for hydroxylation is 1. The molecule has 164 valence electrons. The number of fused-ring (bicyclic) bond motifs is 1. The van der Waals surface area contributed by atoms with Crippen LogP contribution >= 0.6 is 0 Å². The van der Waals surface area contributed by atoms with Gasteiger partial charge in [-0.1, -0.05) is 42.5 Å². The zero-order chi connectivity index (χ0) is 21.8. The third kappa shape index (κ3) is 4.82. The molecule has 1 atom stereocenters. The van der Waals surface area contributed by atoms with E-state index >= 15 is 0 Å². The number of benzene rings is 2. The van der Waals surface area contributed by atoms with E-state index in [1.165, 1.54) is 5.56 Å². The first-order valence-electron chi connectivity index (χ1n) is 11.5. The molecular formula is C26H34N4O. The fraction of sp³-hybridized carbons (Fsp3) is 0.462. The molecule has 5 nitrogen and oxygen atoms in total. The summed E-state index contributed by atoms with van der Waals surface area (Å²) in [7, 11) is 1.90. The summed E-state index contributed by atoms with van der Waals surface area (Å²) in [5, 5.41) is 0. The molecule has 1 unspecified atom stereocenters. The Morgan fingerprint density at radius 2 is 1.77 bits per heavy atom. The van der Waals surface area contributed by atoms with E-state index in [1.54, 1.807) is 0 Å². The van der Waals surface area contributed by atoms with Gasteiger partial charge < -0.3 is 9.47 Å². The van der Waals surface area contributed by atoms with E-state index < -0.39 is 0 Å². The lowest BCUT2D eigenvalue weighted by molar-refractivity contribution is -0.136. The van der Waals surface area contributed by atoms with Crippen molar-refractivity contribution in [1.29, 1.82) is 0 Å². The van der Waals surface area contributed by atoms with Gasteiger partial charge >= 0.3 is 0 Å². The minimum atomic E-state index is -0.0952. The van der Waals surface area contributed by atoms with E-state index in [2.05, 4.69) is 59.7 Å². The number of aromatic nitrogens is 2. The standard InChI is InChI=1S/C26H34N4O/c1-4-30-24-13-9-8-12-23(24)27-25(30)19-28(3)26(31)20(2)29-16-14-22(15-17-29)18-21-10-6-5-7-11-21/h5-13,20,22H,4,14-19H2,1-3H3.